The van der Waals surface area contributed by atoms with Gasteiger partial charge in [-0.15, -0.1) is 0 Å². The van der Waals surface area contributed by atoms with E-state index in [9.17, 15) is 14.9 Å². The highest BCUT2D eigenvalue weighted by Crippen LogP contribution is 2.23. The zero-order valence-corrected chi connectivity index (χ0v) is 14.8. The Morgan fingerprint density at radius 1 is 1.43 bits per heavy atom. The Morgan fingerprint density at radius 3 is 2.74 bits per heavy atom. The van der Waals surface area contributed by atoms with E-state index in [1.54, 1.807) is 7.05 Å². The molecule has 7 heteroatoms. The number of thioether (sulfide) groups is 1. The number of hydrogen-bond donors (Lipinski definition) is 1. The molecule has 0 aliphatic carbocycles. The highest BCUT2D eigenvalue weighted by Gasteiger charge is 2.15. The first kappa shape index (κ1) is 19.0. The minimum absolute atomic E-state index is 0.0325. The highest BCUT2D eigenvalue weighted by atomic mass is 32.2. The second-order valence-corrected chi connectivity index (χ2v) is 6.22. The molecule has 2 amide bonds. The van der Waals surface area contributed by atoms with E-state index >= 15 is 0 Å². The minimum Gasteiger partial charge on any atom is -0.355 e. The molecule has 0 aliphatic rings. The van der Waals surface area contributed by atoms with Crippen molar-refractivity contribution < 1.29 is 9.59 Å². The lowest BCUT2D eigenvalue weighted by Gasteiger charge is -2.16. The van der Waals surface area contributed by atoms with Crippen molar-refractivity contribution in [1.29, 1.82) is 5.26 Å². The lowest BCUT2D eigenvalue weighted by molar-refractivity contribution is -0.132. The van der Waals surface area contributed by atoms with Crippen LogP contribution in [-0.4, -0.2) is 47.6 Å². The predicted molar refractivity (Wildman–Crippen MR) is 90.1 cm³/mol. The maximum absolute atomic E-state index is 12.1. The standard InChI is InChI=1S/C16H22N4O2S/c1-5-6-18-14(21)9-20(4)15(22)10-23-16-13(8-17)11(2)7-12(3)19-16/h7H,5-6,9-10H2,1-4H3,(H,18,21). The summed E-state index contributed by atoms with van der Waals surface area (Å²) in [6.07, 6.45) is 0.856. The number of carbonyl (C=O) groups excluding carboxylic acids is 2. The summed E-state index contributed by atoms with van der Waals surface area (Å²) in [5.74, 6) is -0.205. The van der Waals surface area contributed by atoms with Gasteiger partial charge in [0.15, 0.2) is 0 Å². The van der Waals surface area contributed by atoms with Crippen molar-refractivity contribution >= 4 is 23.6 Å². The molecule has 0 spiro atoms. The third kappa shape index (κ3) is 5.91. The molecule has 6 nitrogen and oxygen atoms in total. The van der Waals surface area contributed by atoms with Crippen LogP contribution < -0.4 is 5.32 Å². The van der Waals surface area contributed by atoms with Gasteiger partial charge in [-0.25, -0.2) is 4.98 Å². The summed E-state index contributed by atoms with van der Waals surface area (Å²) < 4.78 is 0. The number of nitrogens with zero attached hydrogens (tertiary/aromatic N) is 3. The van der Waals surface area contributed by atoms with Crippen LogP contribution in [0.3, 0.4) is 0 Å². The molecule has 1 aromatic rings. The highest BCUT2D eigenvalue weighted by molar-refractivity contribution is 8.00. The van der Waals surface area contributed by atoms with E-state index in [4.69, 9.17) is 0 Å². The first-order valence-corrected chi connectivity index (χ1v) is 8.39. The molecule has 0 saturated heterocycles. The van der Waals surface area contributed by atoms with E-state index in [0.29, 0.717) is 17.1 Å². The smallest absolute Gasteiger partial charge is 0.239 e. The van der Waals surface area contributed by atoms with Gasteiger partial charge in [-0.1, -0.05) is 18.7 Å². The zero-order chi connectivity index (χ0) is 17.4. The second-order valence-electron chi connectivity index (χ2n) is 5.26. The van der Waals surface area contributed by atoms with Gasteiger partial charge in [0.25, 0.3) is 0 Å². The molecule has 0 radical (unpaired) electrons. The molecule has 1 aromatic heterocycles. The van der Waals surface area contributed by atoms with Crippen molar-refractivity contribution in [3.8, 4) is 6.07 Å². The summed E-state index contributed by atoms with van der Waals surface area (Å²) in [7, 11) is 1.59. The van der Waals surface area contributed by atoms with Crippen LogP contribution in [-0.2, 0) is 9.59 Å². The molecule has 0 aliphatic heterocycles. The Hall–Kier alpha value is -2.07. The molecule has 0 unspecified atom stereocenters. The Kier molecular flexibility index (Phi) is 7.55. The Bertz CT molecular complexity index is 625. The summed E-state index contributed by atoms with van der Waals surface area (Å²) in [6, 6.07) is 3.97. The van der Waals surface area contributed by atoms with Gasteiger partial charge in [-0.05, 0) is 31.9 Å². The van der Waals surface area contributed by atoms with Crippen LogP contribution in [0, 0.1) is 25.2 Å². The number of carbonyl (C=O) groups is 2. The lowest BCUT2D eigenvalue weighted by Crippen LogP contribution is -2.39. The van der Waals surface area contributed by atoms with Crippen LogP contribution in [0.4, 0.5) is 0 Å². The van der Waals surface area contributed by atoms with E-state index < -0.39 is 0 Å². The monoisotopic (exact) mass is 334 g/mol. The molecule has 1 heterocycles. The normalized spacial score (nSPS) is 10.0. The summed E-state index contributed by atoms with van der Waals surface area (Å²) in [5, 5.41) is 12.5. The number of nitriles is 1. The fraction of sp³-hybridized carbons (Fsp3) is 0.500. The van der Waals surface area contributed by atoms with Crippen LogP contribution in [0.15, 0.2) is 11.1 Å². The molecule has 124 valence electrons. The van der Waals surface area contributed by atoms with Crippen molar-refractivity contribution in [2.75, 3.05) is 25.9 Å². The van der Waals surface area contributed by atoms with Crippen LogP contribution in [0.2, 0.25) is 0 Å². The van der Waals surface area contributed by atoms with Gasteiger partial charge in [-0.3, -0.25) is 9.59 Å². The molecular weight excluding hydrogens is 312 g/mol. The van der Waals surface area contributed by atoms with Crippen molar-refractivity contribution in [1.82, 2.24) is 15.2 Å². The fourth-order valence-corrected chi connectivity index (χ4v) is 2.95. The first-order chi connectivity index (χ1) is 10.9. The average molecular weight is 334 g/mol. The third-order valence-electron chi connectivity index (χ3n) is 3.13. The Balaban J connectivity index is 2.63. The van der Waals surface area contributed by atoms with Crippen LogP contribution in [0.1, 0.15) is 30.2 Å². The van der Waals surface area contributed by atoms with E-state index in [2.05, 4.69) is 16.4 Å². The predicted octanol–water partition coefficient (Wildman–Crippen LogP) is 1.65. The molecule has 23 heavy (non-hydrogen) atoms. The number of hydrogen-bond acceptors (Lipinski definition) is 5. The van der Waals surface area contributed by atoms with Gasteiger partial charge in [0, 0.05) is 19.3 Å². The lowest BCUT2D eigenvalue weighted by atomic mass is 10.1. The fourth-order valence-electron chi connectivity index (χ4n) is 1.91. The van der Waals surface area contributed by atoms with Crippen LogP contribution in [0.5, 0.6) is 0 Å². The molecule has 1 rings (SSSR count). The molecule has 0 aromatic carbocycles. The maximum Gasteiger partial charge on any atom is 0.239 e. The van der Waals surface area contributed by atoms with Crippen molar-refractivity contribution in [3.05, 3.63) is 22.9 Å². The van der Waals surface area contributed by atoms with Gasteiger partial charge in [-0.2, -0.15) is 5.26 Å². The largest absolute Gasteiger partial charge is 0.355 e. The van der Waals surface area contributed by atoms with Crippen molar-refractivity contribution in [2.24, 2.45) is 0 Å². The van der Waals surface area contributed by atoms with Crippen molar-refractivity contribution in [2.45, 2.75) is 32.2 Å². The summed E-state index contributed by atoms with van der Waals surface area (Å²) in [6.45, 7) is 6.31. The summed E-state index contributed by atoms with van der Waals surface area (Å²) >= 11 is 1.22. The third-order valence-corrected chi connectivity index (χ3v) is 4.09. The van der Waals surface area contributed by atoms with E-state index in [1.165, 1.54) is 16.7 Å². The van der Waals surface area contributed by atoms with E-state index in [1.807, 2.05) is 26.8 Å². The molecular formula is C16H22N4O2S. The van der Waals surface area contributed by atoms with Gasteiger partial charge in [0.1, 0.15) is 11.1 Å². The minimum atomic E-state index is -0.175. The molecule has 0 fully saturated rings. The number of amides is 2. The molecule has 0 atom stereocenters. The Morgan fingerprint density at radius 2 is 2.13 bits per heavy atom. The zero-order valence-electron chi connectivity index (χ0n) is 14.0. The SMILES string of the molecule is CCCNC(=O)CN(C)C(=O)CSc1nc(C)cc(C)c1C#N. The number of aryl methyl sites for hydroxylation is 2. The topological polar surface area (TPSA) is 86.1 Å². The van der Waals surface area contributed by atoms with Gasteiger partial charge in [0.2, 0.25) is 11.8 Å². The Labute approximate surface area is 141 Å². The number of pyridine rings is 1. The first-order valence-electron chi connectivity index (χ1n) is 7.40. The quantitative estimate of drug-likeness (QED) is 0.766. The van der Waals surface area contributed by atoms with E-state index in [0.717, 1.165) is 17.7 Å². The van der Waals surface area contributed by atoms with Gasteiger partial charge in [0.05, 0.1) is 17.9 Å². The second kappa shape index (κ2) is 9.16. The summed E-state index contributed by atoms with van der Waals surface area (Å²) in [4.78, 5) is 29.4. The van der Waals surface area contributed by atoms with Gasteiger partial charge < -0.3 is 10.2 Å². The maximum atomic E-state index is 12.1. The average Bonchev–Trinajstić information content (AvgIpc) is 2.49. The summed E-state index contributed by atoms with van der Waals surface area (Å²) in [5.41, 5.74) is 2.16. The van der Waals surface area contributed by atoms with Crippen LogP contribution >= 0.6 is 11.8 Å². The molecule has 1 N–H and O–H groups in total. The number of rotatable bonds is 7. The van der Waals surface area contributed by atoms with Gasteiger partial charge >= 0.3 is 0 Å². The number of likely N-dealkylation sites (N-methyl/N-ethyl adjacent to an activating group) is 1. The molecule has 0 saturated carbocycles. The van der Waals surface area contributed by atoms with Crippen LogP contribution in [0.25, 0.3) is 0 Å². The van der Waals surface area contributed by atoms with E-state index in [-0.39, 0.29) is 24.1 Å². The number of nitrogens with one attached hydrogen (secondary N) is 1. The number of aromatic nitrogens is 1. The molecule has 0 bridgehead atoms. The van der Waals surface area contributed by atoms with Crippen molar-refractivity contribution in [3.63, 3.8) is 0 Å².